The van der Waals surface area contributed by atoms with Gasteiger partial charge in [0.25, 0.3) is 0 Å². The first-order valence-electron chi connectivity index (χ1n) is 13.8. The monoisotopic (exact) mass is 650 g/mol. The van der Waals surface area contributed by atoms with Crippen LogP contribution in [0.4, 0.5) is 0 Å². The summed E-state index contributed by atoms with van der Waals surface area (Å²) >= 11 is 0. The van der Waals surface area contributed by atoms with E-state index in [1.807, 2.05) is 39.3 Å². The molecule has 12 heteroatoms. The lowest BCUT2D eigenvalue weighted by Gasteiger charge is -2.27. The SMILES string of the molecule is C.C.C.C.C1CC[N+]2(C1)CCCC2.C1CC[N+]2(C1)CCCC2.C[Si](C)(C)CS(=O)(=O)[O-].C[Si](C)(C)CS(=O)(=O)[O-]. The van der Waals surface area contributed by atoms with Gasteiger partial charge < -0.3 is 18.1 Å². The molecule has 0 saturated carbocycles. The van der Waals surface area contributed by atoms with Gasteiger partial charge in [0.15, 0.2) is 0 Å². The molecule has 0 unspecified atom stereocenters. The summed E-state index contributed by atoms with van der Waals surface area (Å²) in [7, 11) is -11.3. The molecule has 0 aromatic carbocycles. The van der Waals surface area contributed by atoms with E-state index in [1.165, 1.54) is 113 Å². The van der Waals surface area contributed by atoms with Gasteiger partial charge in [-0.05, 0) is 0 Å². The number of rotatable bonds is 4. The average molecular weight is 651 g/mol. The average Bonchev–Trinajstić information content (AvgIpc) is 3.45. The summed E-state index contributed by atoms with van der Waals surface area (Å²) in [4.78, 5) is 0. The van der Waals surface area contributed by atoms with Crippen LogP contribution in [0.2, 0.25) is 39.3 Å². The predicted octanol–water partition coefficient (Wildman–Crippen LogP) is 6.14. The summed E-state index contributed by atoms with van der Waals surface area (Å²) in [5.41, 5.74) is 0. The van der Waals surface area contributed by atoms with E-state index in [1.54, 1.807) is 0 Å². The summed E-state index contributed by atoms with van der Waals surface area (Å²) in [6.45, 7) is 23.1. The molecule has 4 rings (SSSR count). The zero-order valence-corrected chi connectivity index (χ0v) is 27.5. The molecular formula is C28H70N2O6S2Si2. The van der Waals surface area contributed by atoms with Gasteiger partial charge in [-0.25, -0.2) is 16.8 Å². The van der Waals surface area contributed by atoms with Crippen molar-refractivity contribution in [3.8, 4) is 0 Å². The molecule has 248 valence electrons. The minimum atomic E-state index is -3.97. The maximum atomic E-state index is 10.1. The van der Waals surface area contributed by atoms with Crippen LogP contribution in [-0.2, 0) is 20.2 Å². The van der Waals surface area contributed by atoms with Crippen molar-refractivity contribution in [2.45, 2.75) is 120 Å². The summed E-state index contributed by atoms with van der Waals surface area (Å²) in [5.74, 6) is 0. The predicted molar refractivity (Wildman–Crippen MR) is 179 cm³/mol. The van der Waals surface area contributed by atoms with Crippen LogP contribution in [0.25, 0.3) is 0 Å². The Kier molecular flexibility index (Phi) is 22.9. The second-order valence-corrected chi connectivity index (χ2v) is 28.6. The molecule has 0 aromatic heterocycles. The zero-order chi connectivity index (χ0) is 27.7. The van der Waals surface area contributed by atoms with E-state index < -0.39 is 36.4 Å². The van der Waals surface area contributed by atoms with E-state index >= 15 is 0 Å². The third-order valence-electron chi connectivity index (χ3n) is 7.28. The molecule has 4 aliphatic rings. The lowest BCUT2D eigenvalue weighted by molar-refractivity contribution is -0.904. The summed E-state index contributed by atoms with van der Waals surface area (Å²) < 4.78 is 63.8. The summed E-state index contributed by atoms with van der Waals surface area (Å²) in [6, 6.07) is 0. The lowest BCUT2D eigenvalue weighted by Crippen LogP contribution is -2.41. The Balaban J connectivity index is -0.000000209. The molecular weight excluding hydrogens is 581 g/mol. The molecule has 8 nitrogen and oxygen atoms in total. The fourth-order valence-corrected chi connectivity index (χ4v) is 14.5. The highest BCUT2D eigenvalue weighted by molar-refractivity contribution is 7.87. The Bertz CT molecular complexity index is 739. The van der Waals surface area contributed by atoms with Crippen molar-refractivity contribution in [2.24, 2.45) is 0 Å². The van der Waals surface area contributed by atoms with Gasteiger partial charge in [0.2, 0.25) is 0 Å². The van der Waals surface area contributed by atoms with Gasteiger partial charge in [0.1, 0.15) is 0 Å². The topological polar surface area (TPSA) is 114 Å². The summed E-state index contributed by atoms with van der Waals surface area (Å²) in [5, 5.41) is -0.306. The highest BCUT2D eigenvalue weighted by Gasteiger charge is 2.35. The Hall–Kier alpha value is 0.174. The standard InChI is InChI=1S/2C8H16N.2C4H12O3SSi.4CH4/c2*1-2-6-9(5-1)7-3-4-8-9;2*1-9(2,3)4-8(5,6)7;;;;/h2*1-8H2;2*4H2,1-3H3,(H,5,6,7);4*1H4/q2*+1;;;;;;/p-2. The zero-order valence-electron chi connectivity index (χ0n) is 23.9. The Labute approximate surface area is 254 Å². The van der Waals surface area contributed by atoms with Crippen LogP contribution in [0, 0.1) is 0 Å². The first-order valence-corrected chi connectivity index (χ1v) is 24.4. The van der Waals surface area contributed by atoms with Crippen LogP contribution < -0.4 is 0 Å². The second-order valence-electron chi connectivity index (χ2n) is 13.8. The van der Waals surface area contributed by atoms with E-state index in [0.717, 1.165) is 0 Å². The van der Waals surface area contributed by atoms with E-state index in [0.29, 0.717) is 0 Å². The highest BCUT2D eigenvalue weighted by Crippen LogP contribution is 2.26. The highest BCUT2D eigenvalue weighted by atomic mass is 32.2. The second kappa shape index (κ2) is 19.5. The van der Waals surface area contributed by atoms with Crippen LogP contribution in [0.15, 0.2) is 0 Å². The van der Waals surface area contributed by atoms with E-state index in [9.17, 15) is 25.9 Å². The molecule has 0 atom stereocenters. The van der Waals surface area contributed by atoms with E-state index in [4.69, 9.17) is 0 Å². The molecule has 0 bridgehead atoms. The van der Waals surface area contributed by atoms with Crippen molar-refractivity contribution < 1.29 is 34.9 Å². The molecule has 4 fully saturated rings. The van der Waals surface area contributed by atoms with Crippen molar-refractivity contribution in [1.29, 1.82) is 0 Å². The van der Waals surface area contributed by atoms with Crippen LogP contribution in [0.5, 0.6) is 0 Å². The largest absolute Gasteiger partial charge is 0.748 e. The molecule has 4 aliphatic heterocycles. The molecule has 0 aromatic rings. The maximum absolute atomic E-state index is 10.1. The minimum absolute atomic E-state index is 0. The van der Waals surface area contributed by atoms with Crippen molar-refractivity contribution in [3.63, 3.8) is 0 Å². The Morgan fingerprint density at radius 2 is 0.600 bits per heavy atom. The van der Waals surface area contributed by atoms with Crippen LogP contribution in [-0.4, -0.2) is 114 Å². The summed E-state index contributed by atoms with van der Waals surface area (Å²) in [6.07, 6.45) is 12.0. The molecule has 0 aliphatic carbocycles. The van der Waals surface area contributed by atoms with E-state index in [-0.39, 0.29) is 40.5 Å². The number of hydrogen-bond acceptors (Lipinski definition) is 6. The smallest absolute Gasteiger partial charge is 0.0920 e. The Morgan fingerprint density at radius 3 is 0.675 bits per heavy atom. The van der Waals surface area contributed by atoms with Gasteiger partial charge in [0, 0.05) is 62.1 Å². The van der Waals surface area contributed by atoms with E-state index in [2.05, 4.69) is 0 Å². The third-order valence-corrected chi connectivity index (χ3v) is 17.0. The number of nitrogens with zero attached hydrogens (tertiary/aromatic N) is 2. The van der Waals surface area contributed by atoms with Gasteiger partial charge >= 0.3 is 0 Å². The lowest BCUT2D eigenvalue weighted by atomic mass is 10.4. The molecule has 2 spiro atoms. The number of hydrogen-bond donors (Lipinski definition) is 0. The first-order chi connectivity index (χ1) is 16.2. The number of quaternary nitrogens is 2. The van der Waals surface area contributed by atoms with Gasteiger partial charge in [-0.1, -0.05) is 69.0 Å². The van der Waals surface area contributed by atoms with Crippen molar-refractivity contribution in [1.82, 2.24) is 0 Å². The minimum Gasteiger partial charge on any atom is -0.748 e. The third kappa shape index (κ3) is 22.7. The van der Waals surface area contributed by atoms with Gasteiger partial charge in [0.05, 0.1) is 88.7 Å². The fraction of sp³-hybridized carbons (Fsp3) is 1.00. The van der Waals surface area contributed by atoms with Crippen molar-refractivity contribution in [2.75, 3.05) is 63.1 Å². The van der Waals surface area contributed by atoms with Gasteiger partial charge in [-0.15, -0.1) is 0 Å². The quantitative estimate of drug-likeness (QED) is 0.205. The van der Waals surface area contributed by atoms with Crippen LogP contribution >= 0.6 is 0 Å². The first kappa shape index (κ1) is 47.1. The van der Waals surface area contributed by atoms with Crippen LogP contribution in [0.1, 0.15) is 81.1 Å². The van der Waals surface area contributed by atoms with Gasteiger partial charge in [-0.2, -0.15) is 0 Å². The molecule has 0 radical (unpaired) electrons. The van der Waals surface area contributed by atoms with Crippen LogP contribution in [0.3, 0.4) is 0 Å². The Morgan fingerprint density at radius 1 is 0.450 bits per heavy atom. The molecule has 0 amide bonds. The van der Waals surface area contributed by atoms with Crippen molar-refractivity contribution in [3.05, 3.63) is 0 Å². The van der Waals surface area contributed by atoms with Gasteiger partial charge in [-0.3, -0.25) is 0 Å². The molecule has 4 saturated heterocycles. The molecule has 0 N–H and O–H groups in total. The maximum Gasteiger partial charge on any atom is 0.0920 e. The molecule has 4 heterocycles. The molecule has 40 heavy (non-hydrogen) atoms. The van der Waals surface area contributed by atoms with Crippen molar-refractivity contribution >= 4 is 36.4 Å². The fourth-order valence-electron chi connectivity index (χ4n) is 5.98. The normalized spacial score (nSPS) is 20.6.